The molecule has 1 aliphatic carbocycles. The Morgan fingerprint density at radius 1 is 1.04 bits per heavy atom. The summed E-state index contributed by atoms with van der Waals surface area (Å²) in [4.78, 5) is 0.323. The number of hydrogen-bond acceptors (Lipinski definition) is 2. The summed E-state index contributed by atoms with van der Waals surface area (Å²) in [6, 6.07) is 17.3. The number of nitrogens with one attached hydrogen (secondary N) is 1. The van der Waals surface area contributed by atoms with Gasteiger partial charge in [-0.3, -0.25) is 0 Å². The van der Waals surface area contributed by atoms with Crippen molar-refractivity contribution in [2.24, 2.45) is 0 Å². The van der Waals surface area contributed by atoms with Gasteiger partial charge in [-0.1, -0.05) is 66.9 Å². The van der Waals surface area contributed by atoms with Gasteiger partial charge in [0.1, 0.15) is 0 Å². The number of unbranched alkanes of at least 4 members (excludes halogenated alkanes) is 1. The van der Waals surface area contributed by atoms with Gasteiger partial charge in [0, 0.05) is 0 Å². The van der Waals surface area contributed by atoms with Crippen LogP contribution < -0.4 is 4.72 Å². The molecule has 0 saturated carbocycles. The summed E-state index contributed by atoms with van der Waals surface area (Å²) in [5.74, 6) is 0. The Morgan fingerprint density at radius 3 is 2.33 bits per heavy atom. The predicted molar refractivity (Wildman–Crippen MR) is 112 cm³/mol. The highest BCUT2D eigenvalue weighted by molar-refractivity contribution is 7.89. The Hall–Kier alpha value is -1.91. The zero-order chi connectivity index (χ0) is 19.5. The fourth-order valence-electron chi connectivity index (χ4n) is 3.98. The van der Waals surface area contributed by atoms with Crippen molar-refractivity contribution in [3.05, 3.63) is 71.3 Å². The molecule has 1 N–H and O–H groups in total. The molecule has 2 aromatic rings. The van der Waals surface area contributed by atoms with Gasteiger partial charge < -0.3 is 0 Å². The third-order valence-electron chi connectivity index (χ3n) is 5.42. The van der Waals surface area contributed by atoms with E-state index in [1.165, 1.54) is 5.57 Å². The Bertz CT molecular complexity index is 915. The second-order valence-electron chi connectivity index (χ2n) is 7.70. The van der Waals surface area contributed by atoms with Crippen molar-refractivity contribution in [3.8, 4) is 0 Å². The van der Waals surface area contributed by atoms with E-state index in [4.69, 9.17) is 0 Å². The van der Waals surface area contributed by atoms with Crippen LogP contribution in [0.1, 0.15) is 57.1 Å². The van der Waals surface area contributed by atoms with Gasteiger partial charge in [0.25, 0.3) is 0 Å². The number of sulfonamides is 1. The molecule has 3 rings (SSSR count). The molecule has 0 heterocycles. The molecule has 0 amide bonds. The Balaban J connectivity index is 1.99. The third kappa shape index (κ3) is 4.33. The van der Waals surface area contributed by atoms with Crippen LogP contribution in [0.3, 0.4) is 0 Å². The summed E-state index contributed by atoms with van der Waals surface area (Å²) in [5.41, 5.74) is 4.13. The highest BCUT2D eigenvalue weighted by Crippen LogP contribution is 2.44. The van der Waals surface area contributed by atoms with Gasteiger partial charge in [0.2, 0.25) is 10.0 Å². The summed E-state index contributed by atoms with van der Waals surface area (Å²) in [5, 5.41) is 0. The number of rotatable bonds is 7. The van der Waals surface area contributed by atoms with E-state index < -0.39 is 15.6 Å². The molecule has 27 heavy (non-hydrogen) atoms. The summed E-state index contributed by atoms with van der Waals surface area (Å²) < 4.78 is 29.2. The summed E-state index contributed by atoms with van der Waals surface area (Å²) >= 11 is 0. The first-order valence-electron chi connectivity index (χ1n) is 9.74. The molecule has 3 nitrogen and oxygen atoms in total. The van der Waals surface area contributed by atoms with Crippen LogP contribution in [0.2, 0.25) is 0 Å². The van der Waals surface area contributed by atoms with Crippen LogP contribution in [-0.2, 0) is 10.0 Å². The Kier molecular flexibility index (Phi) is 5.87. The van der Waals surface area contributed by atoms with Crippen LogP contribution in [0.15, 0.2) is 65.1 Å². The van der Waals surface area contributed by atoms with Crippen LogP contribution >= 0.6 is 0 Å². The molecule has 0 aromatic heterocycles. The third-order valence-corrected chi connectivity index (χ3v) is 7.03. The van der Waals surface area contributed by atoms with Crippen LogP contribution in [0.5, 0.6) is 0 Å². The highest BCUT2D eigenvalue weighted by atomic mass is 32.2. The molecule has 0 radical (unpaired) electrons. The van der Waals surface area contributed by atoms with Crippen LogP contribution in [0.4, 0.5) is 0 Å². The largest absolute Gasteiger partial charge is 0.241 e. The van der Waals surface area contributed by atoms with Gasteiger partial charge in [-0.15, -0.1) is 0 Å². The van der Waals surface area contributed by atoms with Gasteiger partial charge in [-0.25, -0.2) is 13.1 Å². The van der Waals surface area contributed by atoms with Crippen molar-refractivity contribution in [1.82, 2.24) is 4.72 Å². The minimum Gasteiger partial charge on any atom is -0.207 e. The zero-order valence-corrected chi connectivity index (χ0v) is 17.3. The molecular weight excluding hydrogens is 354 g/mol. The van der Waals surface area contributed by atoms with Crippen molar-refractivity contribution in [2.45, 2.75) is 63.3 Å². The Labute approximate surface area is 163 Å². The average molecular weight is 384 g/mol. The van der Waals surface area contributed by atoms with Gasteiger partial charge >= 0.3 is 0 Å². The van der Waals surface area contributed by atoms with E-state index in [2.05, 4.69) is 23.8 Å². The maximum atomic E-state index is 13.1. The standard InChI is InChI=1S/C23H29NO2S/c1-4-5-9-20-16-17-23(3,22(20)19-10-7-6-8-11-19)24-27(25,26)21-14-12-18(2)13-15-21/h6-8,10-15,24H,4-5,9,16-17H2,1-3H3. The second kappa shape index (κ2) is 7.99. The number of allylic oxidation sites excluding steroid dienone is 1. The van der Waals surface area contributed by atoms with E-state index in [1.807, 2.05) is 44.2 Å². The van der Waals surface area contributed by atoms with Crippen molar-refractivity contribution in [3.63, 3.8) is 0 Å². The predicted octanol–water partition coefficient (Wildman–Crippen LogP) is 5.47. The first kappa shape index (κ1) is 19.8. The lowest BCUT2D eigenvalue weighted by Crippen LogP contribution is -2.45. The molecule has 1 aliphatic rings. The van der Waals surface area contributed by atoms with E-state index in [0.29, 0.717) is 4.90 Å². The fourth-order valence-corrected chi connectivity index (χ4v) is 5.39. The van der Waals surface area contributed by atoms with Gasteiger partial charge in [0.15, 0.2) is 0 Å². The normalized spacial score (nSPS) is 20.3. The second-order valence-corrected chi connectivity index (χ2v) is 9.38. The molecule has 0 fully saturated rings. The van der Waals surface area contributed by atoms with E-state index in [0.717, 1.165) is 48.8 Å². The number of hydrogen-bond donors (Lipinski definition) is 1. The smallest absolute Gasteiger partial charge is 0.207 e. The molecule has 0 bridgehead atoms. The van der Waals surface area contributed by atoms with Crippen LogP contribution in [0.25, 0.3) is 5.57 Å². The quantitative estimate of drug-likeness (QED) is 0.689. The first-order chi connectivity index (χ1) is 12.9. The van der Waals surface area contributed by atoms with Crippen LogP contribution in [-0.4, -0.2) is 14.0 Å². The van der Waals surface area contributed by atoms with Gasteiger partial charge in [-0.2, -0.15) is 0 Å². The van der Waals surface area contributed by atoms with E-state index in [-0.39, 0.29) is 0 Å². The molecule has 0 spiro atoms. The molecule has 144 valence electrons. The maximum Gasteiger partial charge on any atom is 0.241 e. The minimum atomic E-state index is -3.59. The fraction of sp³-hybridized carbons (Fsp3) is 0.391. The lowest BCUT2D eigenvalue weighted by molar-refractivity contribution is 0.499. The molecule has 1 unspecified atom stereocenters. The summed E-state index contributed by atoms with van der Waals surface area (Å²) in [6.45, 7) is 6.18. The average Bonchev–Trinajstić information content (AvgIpc) is 2.96. The van der Waals surface area contributed by atoms with Gasteiger partial charge in [0.05, 0.1) is 10.4 Å². The monoisotopic (exact) mass is 383 g/mol. The molecule has 0 saturated heterocycles. The highest BCUT2D eigenvalue weighted by Gasteiger charge is 2.40. The molecular formula is C23H29NO2S. The molecule has 2 aromatic carbocycles. The topological polar surface area (TPSA) is 46.2 Å². The molecule has 4 heteroatoms. The van der Waals surface area contributed by atoms with E-state index in [1.54, 1.807) is 12.1 Å². The minimum absolute atomic E-state index is 0.323. The van der Waals surface area contributed by atoms with Crippen molar-refractivity contribution in [1.29, 1.82) is 0 Å². The number of aryl methyl sites for hydroxylation is 1. The van der Waals surface area contributed by atoms with Crippen molar-refractivity contribution < 1.29 is 8.42 Å². The van der Waals surface area contributed by atoms with Crippen molar-refractivity contribution >= 4 is 15.6 Å². The number of benzene rings is 2. The lowest BCUT2D eigenvalue weighted by atomic mass is 9.88. The lowest BCUT2D eigenvalue weighted by Gasteiger charge is -2.30. The molecule has 1 atom stereocenters. The maximum absolute atomic E-state index is 13.1. The van der Waals surface area contributed by atoms with Gasteiger partial charge in [-0.05, 0) is 62.8 Å². The molecule has 0 aliphatic heterocycles. The SMILES string of the molecule is CCCCC1=C(c2ccccc2)C(C)(NS(=O)(=O)c2ccc(C)cc2)CC1. The van der Waals surface area contributed by atoms with E-state index in [9.17, 15) is 8.42 Å². The zero-order valence-electron chi connectivity index (χ0n) is 16.5. The first-order valence-corrected chi connectivity index (χ1v) is 11.2. The van der Waals surface area contributed by atoms with Crippen LogP contribution in [0, 0.1) is 6.92 Å². The van der Waals surface area contributed by atoms with Crippen molar-refractivity contribution in [2.75, 3.05) is 0 Å². The summed E-state index contributed by atoms with van der Waals surface area (Å²) in [7, 11) is -3.59. The van der Waals surface area contributed by atoms with E-state index >= 15 is 0 Å². The summed E-state index contributed by atoms with van der Waals surface area (Å²) in [6.07, 6.45) is 5.03. The Morgan fingerprint density at radius 2 is 1.70 bits per heavy atom.